The maximum atomic E-state index is 12.1. The quantitative estimate of drug-likeness (QED) is 0.573. The highest BCUT2D eigenvalue weighted by molar-refractivity contribution is 6.19. The summed E-state index contributed by atoms with van der Waals surface area (Å²) < 4.78 is 0. The summed E-state index contributed by atoms with van der Waals surface area (Å²) in [5.41, 5.74) is -1.10. The molecule has 0 unspecified atom stereocenters. The topological polar surface area (TPSA) is 66.5 Å². The summed E-state index contributed by atoms with van der Waals surface area (Å²) in [6, 6.07) is -0.660. The first-order valence-corrected chi connectivity index (χ1v) is 5.31. The molecule has 0 bridgehead atoms. The Kier molecular flexibility index (Phi) is 3.47. The van der Waals surface area contributed by atoms with Gasteiger partial charge in [-0.25, -0.2) is 4.79 Å². The van der Waals surface area contributed by atoms with Crippen LogP contribution in [0.5, 0.6) is 0 Å². The maximum absolute atomic E-state index is 12.1. The Labute approximate surface area is 94.5 Å². The summed E-state index contributed by atoms with van der Waals surface area (Å²) in [5, 5.41) is 2.22. The third-order valence-corrected chi connectivity index (χ3v) is 3.07. The molecule has 1 heterocycles. The Hall–Kier alpha value is -1.65. The number of imide groups is 2. The number of carbonyl (C=O) groups is 3. The van der Waals surface area contributed by atoms with Gasteiger partial charge in [0, 0.05) is 6.54 Å². The zero-order valence-corrected chi connectivity index (χ0v) is 9.58. The molecule has 0 aliphatic carbocycles. The molecule has 0 aromatic carbocycles. The van der Waals surface area contributed by atoms with Crippen molar-refractivity contribution >= 4 is 17.8 Å². The lowest BCUT2D eigenvalue weighted by Crippen LogP contribution is -2.63. The molecule has 0 aromatic heterocycles. The number of rotatable bonds is 4. The SMILES string of the molecule is C=CCN1C(=O)NC(=O)C(CC)(CC)C1=O. The Morgan fingerprint density at radius 1 is 1.31 bits per heavy atom. The van der Waals surface area contributed by atoms with Crippen LogP contribution < -0.4 is 5.32 Å². The van der Waals surface area contributed by atoms with Crippen molar-refractivity contribution in [3.63, 3.8) is 0 Å². The maximum Gasteiger partial charge on any atom is 0.331 e. The van der Waals surface area contributed by atoms with Gasteiger partial charge < -0.3 is 0 Å². The minimum absolute atomic E-state index is 0.125. The Morgan fingerprint density at radius 2 is 1.88 bits per heavy atom. The van der Waals surface area contributed by atoms with Crippen molar-refractivity contribution in [1.29, 1.82) is 0 Å². The van der Waals surface area contributed by atoms with E-state index in [2.05, 4.69) is 11.9 Å². The van der Waals surface area contributed by atoms with E-state index in [0.717, 1.165) is 4.90 Å². The zero-order valence-electron chi connectivity index (χ0n) is 9.58. The molecule has 1 rings (SSSR count). The Morgan fingerprint density at radius 3 is 2.31 bits per heavy atom. The van der Waals surface area contributed by atoms with Crippen LogP contribution in [0.4, 0.5) is 4.79 Å². The molecule has 1 saturated heterocycles. The van der Waals surface area contributed by atoms with Crippen molar-refractivity contribution in [1.82, 2.24) is 10.2 Å². The van der Waals surface area contributed by atoms with E-state index in [1.807, 2.05) is 0 Å². The molecule has 1 aliphatic rings. The molecule has 5 heteroatoms. The van der Waals surface area contributed by atoms with Crippen molar-refractivity contribution in [3.8, 4) is 0 Å². The summed E-state index contributed by atoms with van der Waals surface area (Å²) in [6.07, 6.45) is 2.23. The van der Waals surface area contributed by atoms with Crippen molar-refractivity contribution in [2.75, 3.05) is 6.54 Å². The second-order valence-corrected chi connectivity index (χ2v) is 3.75. The first kappa shape index (κ1) is 12.4. The number of urea groups is 1. The smallest absolute Gasteiger partial charge is 0.277 e. The molecule has 5 nitrogen and oxygen atoms in total. The number of barbiturate groups is 1. The van der Waals surface area contributed by atoms with Crippen LogP contribution in [0.15, 0.2) is 12.7 Å². The number of hydrogen-bond donors (Lipinski definition) is 1. The van der Waals surface area contributed by atoms with Crippen LogP contribution in [0.1, 0.15) is 26.7 Å². The second-order valence-electron chi connectivity index (χ2n) is 3.75. The lowest BCUT2D eigenvalue weighted by atomic mass is 9.78. The van der Waals surface area contributed by atoms with Gasteiger partial charge in [0.25, 0.3) is 0 Å². The van der Waals surface area contributed by atoms with Crippen LogP contribution >= 0.6 is 0 Å². The van der Waals surface area contributed by atoms with Crippen molar-refractivity contribution in [3.05, 3.63) is 12.7 Å². The van der Waals surface area contributed by atoms with E-state index in [1.54, 1.807) is 13.8 Å². The molecular formula is C11H16N2O3. The lowest BCUT2D eigenvalue weighted by Gasteiger charge is -2.37. The van der Waals surface area contributed by atoms with Crippen molar-refractivity contribution in [2.45, 2.75) is 26.7 Å². The van der Waals surface area contributed by atoms with Crippen LogP contribution in [0.3, 0.4) is 0 Å². The molecule has 0 radical (unpaired) electrons. The van der Waals surface area contributed by atoms with Gasteiger partial charge in [0.1, 0.15) is 5.41 Å². The average molecular weight is 224 g/mol. The fraction of sp³-hybridized carbons (Fsp3) is 0.545. The van der Waals surface area contributed by atoms with Crippen LogP contribution in [0, 0.1) is 5.41 Å². The largest absolute Gasteiger partial charge is 0.331 e. The first-order valence-electron chi connectivity index (χ1n) is 5.31. The van der Waals surface area contributed by atoms with Gasteiger partial charge in [-0.05, 0) is 12.8 Å². The van der Waals surface area contributed by atoms with E-state index in [4.69, 9.17) is 0 Å². The minimum atomic E-state index is -1.10. The second kappa shape index (κ2) is 4.47. The van der Waals surface area contributed by atoms with Gasteiger partial charge in [0.05, 0.1) is 0 Å². The average Bonchev–Trinajstić information content (AvgIpc) is 2.26. The highest BCUT2D eigenvalue weighted by Crippen LogP contribution is 2.32. The van der Waals surface area contributed by atoms with Crippen molar-refractivity contribution < 1.29 is 14.4 Å². The van der Waals surface area contributed by atoms with E-state index in [1.165, 1.54) is 6.08 Å². The molecule has 0 atom stereocenters. The fourth-order valence-electron chi connectivity index (χ4n) is 1.90. The third-order valence-electron chi connectivity index (χ3n) is 3.07. The van der Waals surface area contributed by atoms with E-state index in [-0.39, 0.29) is 6.54 Å². The van der Waals surface area contributed by atoms with E-state index < -0.39 is 23.3 Å². The van der Waals surface area contributed by atoms with Gasteiger partial charge in [-0.2, -0.15) is 0 Å². The van der Waals surface area contributed by atoms with Crippen LogP contribution in [-0.4, -0.2) is 29.3 Å². The molecular weight excluding hydrogens is 208 g/mol. The molecule has 0 aromatic rings. The number of nitrogens with one attached hydrogen (secondary N) is 1. The van der Waals surface area contributed by atoms with Gasteiger partial charge in [-0.15, -0.1) is 6.58 Å². The van der Waals surface area contributed by atoms with Gasteiger partial charge in [-0.1, -0.05) is 19.9 Å². The summed E-state index contributed by atoms with van der Waals surface area (Å²) in [4.78, 5) is 36.3. The highest BCUT2D eigenvalue weighted by atomic mass is 16.2. The molecule has 1 aliphatic heterocycles. The first-order chi connectivity index (χ1) is 7.53. The predicted octanol–water partition coefficient (Wildman–Crippen LogP) is 1.06. The molecule has 0 saturated carbocycles. The summed E-state index contributed by atoms with van der Waals surface area (Å²) in [5.74, 6) is -0.918. The minimum Gasteiger partial charge on any atom is -0.277 e. The zero-order chi connectivity index (χ0) is 12.3. The van der Waals surface area contributed by atoms with Crippen LogP contribution in [0.2, 0.25) is 0 Å². The van der Waals surface area contributed by atoms with E-state index in [9.17, 15) is 14.4 Å². The summed E-state index contributed by atoms with van der Waals surface area (Å²) >= 11 is 0. The predicted molar refractivity (Wildman–Crippen MR) is 58.5 cm³/mol. The lowest BCUT2D eigenvalue weighted by molar-refractivity contribution is -0.151. The summed E-state index contributed by atoms with van der Waals surface area (Å²) in [6.45, 7) is 7.14. The fourth-order valence-corrected chi connectivity index (χ4v) is 1.90. The molecule has 16 heavy (non-hydrogen) atoms. The van der Waals surface area contributed by atoms with Gasteiger partial charge >= 0.3 is 6.03 Å². The van der Waals surface area contributed by atoms with Gasteiger partial charge in [0.2, 0.25) is 11.8 Å². The monoisotopic (exact) mass is 224 g/mol. The molecule has 0 spiro atoms. The van der Waals surface area contributed by atoms with E-state index >= 15 is 0 Å². The molecule has 88 valence electrons. The van der Waals surface area contributed by atoms with Crippen molar-refractivity contribution in [2.24, 2.45) is 5.41 Å². The van der Waals surface area contributed by atoms with Crippen LogP contribution in [0.25, 0.3) is 0 Å². The number of amides is 4. The highest BCUT2D eigenvalue weighted by Gasteiger charge is 2.50. The normalized spacial score (nSPS) is 19.6. The molecule has 4 amide bonds. The molecule has 1 N–H and O–H groups in total. The Balaban J connectivity index is 3.11. The number of carbonyl (C=O) groups excluding carboxylic acids is 3. The summed E-state index contributed by atoms with van der Waals surface area (Å²) in [7, 11) is 0. The number of nitrogens with zero attached hydrogens (tertiary/aromatic N) is 1. The van der Waals surface area contributed by atoms with Gasteiger partial charge in [0.15, 0.2) is 0 Å². The third kappa shape index (κ3) is 1.62. The standard InChI is InChI=1S/C11H16N2O3/c1-4-7-13-9(15)11(5-2,6-3)8(14)12-10(13)16/h4H,1,5-7H2,2-3H3,(H,12,14,16). The van der Waals surface area contributed by atoms with Gasteiger partial charge in [-0.3, -0.25) is 19.8 Å². The van der Waals surface area contributed by atoms with E-state index in [0.29, 0.717) is 12.8 Å². The Bertz CT molecular complexity index is 345. The van der Waals surface area contributed by atoms with Crippen LogP contribution in [-0.2, 0) is 9.59 Å². The number of hydrogen-bond acceptors (Lipinski definition) is 3. The molecule has 1 fully saturated rings.